The van der Waals surface area contributed by atoms with E-state index in [1.165, 1.54) is 32.4 Å². The lowest BCUT2D eigenvalue weighted by Crippen LogP contribution is -2.31. The second-order valence-electron chi connectivity index (χ2n) is 8.33. The summed E-state index contributed by atoms with van der Waals surface area (Å²) in [6.45, 7) is 4.11. The maximum Gasteiger partial charge on any atom is 0.229 e. The minimum absolute atomic E-state index is 0.305. The molecule has 1 saturated heterocycles. The Bertz CT molecular complexity index is 1130. The monoisotopic (exact) mass is 476 g/mol. The van der Waals surface area contributed by atoms with Gasteiger partial charge in [-0.3, -0.25) is 0 Å². The number of pyridine rings is 1. The van der Waals surface area contributed by atoms with E-state index in [-0.39, 0.29) is 0 Å². The molecule has 35 heavy (non-hydrogen) atoms. The van der Waals surface area contributed by atoms with Crippen LogP contribution in [0, 0.1) is 5.41 Å². The van der Waals surface area contributed by atoms with Gasteiger partial charge in [0.05, 0.1) is 25.6 Å². The minimum Gasteiger partial charge on any atom is -0.493 e. The van der Waals surface area contributed by atoms with Crippen LogP contribution in [0.4, 0.5) is 29.0 Å². The number of likely N-dealkylation sites (tertiary alicyclic amines) is 1. The van der Waals surface area contributed by atoms with E-state index in [2.05, 4.69) is 30.5 Å². The van der Waals surface area contributed by atoms with Crippen molar-refractivity contribution in [3.8, 4) is 11.5 Å². The van der Waals surface area contributed by atoms with Gasteiger partial charge in [-0.2, -0.15) is 4.98 Å². The number of anilines is 5. The van der Waals surface area contributed by atoms with E-state index in [9.17, 15) is 0 Å². The molecule has 0 amide bonds. The molecule has 3 aromatic rings. The molecule has 5 N–H and O–H groups in total. The van der Waals surface area contributed by atoms with E-state index in [0.717, 1.165) is 24.9 Å². The van der Waals surface area contributed by atoms with Crippen molar-refractivity contribution in [1.29, 1.82) is 5.41 Å². The zero-order chi connectivity index (χ0) is 24.5. The Labute approximate surface area is 205 Å². The predicted octanol–water partition coefficient (Wildman–Crippen LogP) is 4.20. The number of hydrogen-bond acceptors (Lipinski definition) is 10. The summed E-state index contributed by atoms with van der Waals surface area (Å²) in [6, 6.07) is 9.15. The highest BCUT2D eigenvalue weighted by Gasteiger charge is 2.11. The molecule has 10 nitrogen and oxygen atoms in total. The molecule has 10 heteroatoms. The zero-order valence-electron chi connectivity index (χ0n) is 20.0. The molecule has 1 aliphatic heterocycles. The average Bonchev–Trinajstić information content (AvgIpc) is 2.89. The number of piperidine rings is 1. The van der Waals surface area contributed by atoms with Crippen molar-refractivity contribution in [3.05, 3.63) is 48.3 Å². The number of ether oxygens (including phenoxy) is 2. The average molecular weight is 477 g/mol. The molecule has 0 bridgehead atoms. The van der Waals surface area contributed by atoms with Crippen molar-refractivity contribution in [2.24, 2.45) is 0 Å². The fraction of sp³-hybridized carbons (Fsp3) is 0.360. The maximum atomic E-state index is 7.43. The maximum absolute atomic E-state index is 7.43. The fourth-order valence-corrected chi connectivity index (χ4v) is 3.96. The summed E-state index contributed by atoms with van der Waals surface area (Å²) in [7, 11) is 1.63. The molecule has 0 aliphatic carbocycles. The van der Waals surface area contributed by atoms with E-state index in [0.29, 0.717) is 46.9 Å². The van der Waals surface area contributed by atoms with Crippen molar-refractivity contribution < 1.29 is 9.47 Å². The lowest BCUT2D eigenvalue weighted by atomic mass is 10.1. The van der Waals surface area contributed by atoms with Gasteiger partial charge in [0.1, 0.15) is 11.6 Å². The van der Waals surface area contributed by atoms with Gasteiger partial charge in [-0.1, -0.05) is 6.42 Å². The summed E-state index contributed by atoms with van der Waals surface area (Å²) in [6.07, 6.45) is 9.34. The number of nitrogens with zero attached hydrogens (tertiary/aromatic N) is 4. The molecule has 0 spiro atoms. The fourth-order valence-electron chi connectivity index (χ4n) is 3.96. The number of benzene rings is 1. The Balaban J connectivity index is 1.35. The zero-order valence-corrected chi connectivity index (χ0v) is 20.0. The molecule has 1 aliphatic rings. The lowest BCUT2D eigenvalue weighted by Gasteiger charge is -2.26. The Kier molecular flexibility index (Phi) is 8.29. The van der Waals surface area contributed by atoms with Crippen LogP contribution >= 0.6 is 0 Å². The van der Waals surface area contributed by atoms with E-state index >= 15 is 0 Å². The van der Waals surface area contributed by atoms with Crippen molar-refractivity contribution in [2.75, 3.05) is 49.7 Å². The van der Waals surface area contributed by atoms with Crippen molar-refractivity contribution in [3.63, 3.8) is 0 Å². The number of nitrogen functional groups attached to an aromatic ring is 1. The van der Waals surface area contributed by atoms with Crippen LogP contribution in [0.15, 0.2) is 42.7 Å². The third-order valence-corrected chi connectivity index (χ3v) is 5.78. The number of hydrogen-bond donors (Lipinski definition) is 4. The molecular formula is C25H32N8O2. The summed E-state index contributed by atoms with van der Waals surface area (Å²) >= 11 is 0. The SMILES string of the molecule is COc1cc(Nc2nccc(Nc3cnc(N)c(C=N)c3)n2)ccc1OCCCN1CCCCC1. The molecule has 1 aromatic carbocycles. The summed E-state index contributed by atoms with van der Waals surface area (Å²) in [5.74, 6) is 2.66. The number of methoxy groups -OCH3 is 1. The highest BCUT2D eigenvalue weighted by atomic mass is 16.5. The number of nitrogens with two attached hydrogens (primary N) is 1. The number of nitrogens with one attached hydrogen (secondary N) is 3. The highest BCUT2D eigenvalue weighted by Crippen LogP contribution is 2.31. The van der Waals surface area contributed by atoms with E-state index in [4.69, 9.17) is 20.6 Å². The van der Waals surface area contributed by atoms with Crippen LogP contribution in [-0.2, 0) is 0 Å². The standard InChI is InChI=1S/C25H32N8O2/c1-34-22-15-19(6-7-21(22)35-13-5-12-33-10-3-2-4-11-33)31-25-28-9-8-23(32-25)30-20-14-18(16-26)24(27)29-17-20/h6-9,14-17,26H,2-5,10-13H2,1H3,(H2,27,29)(H2,28,30,31,32). The van der Waals surface area contributed by atoms with Gasteiger partial charge < -0.3 is 36.2 Å². The van der Waals surface area contributed by atoms with Gasteiger partial charge in [0.25, 0.3) is 0 Å². The van der Waals surface area contributed by atoms with Crippen molar-refractivity contribution >= 4 is 35.2 Å². The van der Waals surface area contributed by atoms with Crippen LogP contribution in [0.3, 0.4) is 0 Å². The molecule has 2 aromatic heterocycles. The topological polar surface area (TPSA) is 134 Å². The molecule has 0 atom stereocenters. The van der Waals surface area contributed by atoms with Crippen LogP contribution in [0.5, 0.6) is 11.5 Å². The van der Waals surface area contributed by atoms with E-state index < -0.39 is 0 Å². The number of aromatic nitrogens is 3. The van der Waals surface area contributed by atoms with Gasteiger partial charge in [-0.05, 0) is 56.6 Å². The van der Waals surface area contributed by atoms with E-state index in [1.807, 2.05) is 18.2 Å². The second-order valence-corrected chi connectivity index (χ2v) is 8.33. The third kappa shape index (κ3) is 6.80. The van der Waals surface area contributed by atoms with Crippen LogP contribution in [0.1, 0.15) is 31.2 Å². The molecule has 1 fully saturated rings. The Morgan fingerprint density at radius 3 is 2.71 bits per heavy atom. The molecule has 0 saturated carbocycles. The van der Waals surface area contributed by atoms with Crippen molar-refractivity contribution in [1.82, 2.24) is 19.9 Å². The quantitative estimate of drug-likeness (QED) is 0.237. The third-order valence-electron chi connectivity index (χ3n) is 5.78. The van der Waals surface area contributed by atoms with E-state index in [1.54, 1.807) is 31.6 Å². The van der Waals surface area contributed by atoms with Gasteiger partial charge in [-0.15, -0.1) is 0 Å². The van der Waals surface area contributed by atoms with Crippen molar-refractivity contribution in [2.45, 2.75) is 25.7 Å². The Hall–Kier alpha value is -3.92. The summed E-state index contributed by atoms with van der Waals surface area (Å²) in [5.41, 5.74) is 7.74. The molecule has 3 heterocycles. The minimum atomic E-state index is 0.305. The number of rotatable bonds is 11. The molecule has 4 rings (SSSR count). The predicted molar refractivity (Wildman–Crippen MR) is 139 cm³/mol. The lowest BCUT2D eigenvalue weighted by molar-refractivity contribution is 0.203. The first-order valence-corrected chi connectivity index (χ1v) is 11.8. The molecule has 0 radical (unpaired) electrons. The largest absolute Gasteiger partial charge is 0.493 e. The molecule has 184 valence electrons. The Morgan fingerprint density at radius 2 is 1.91 bits per heavy atom. The van der Waals surface area contributed by atoms with Crippen LogP contribution in [-0.4, -0.2) is 59.4 Å². The normalized spacial score (nSPS) is 13.7. The summed E-state index contributed by atoms with van der Waals surface area (Å²) in [5, 5.41) is 13.8. The van der Waals surface area contributed by atoms with Gasteiger partial charge in [-0.25, -0.2) is 9.97 Å². The first kappa shape index (κ1) is 24.2. The first-order chi connectivity index (χ1) is 17.1. The van der Waals surface area contributed by atoms with Crippen LogP contribution < -0.4 is 25.8 Å². The smallest absolute Gasteiger partial charge is 0.229 e. The van der Waals surface area contributed by atoms with Gasteiger partial charge >= 0.3 is 0 Å². The van der Waals surface area contributed by atoms with Gasteiger partial charge in [0, 0.05) is 36.3 Å². The second kappa shape index (κ2) is 12.0. The van der Waals surface area contributed by atoms with Gasteiger partial charge in [0.2, 0.25) is 5.95 Å². The van der Waals surface area contributed by atoms with Crippen LogP contribution in [0.2, 0.25) is 0 Å². The Morgan fingerprint density at radius 1 is 1.06 bits per heavy atom. The summed E-state index contributed by atoms with van der Waals surface area (Å²) in [4.78, 5) is 15.4. The first-order valence-electron chi connectivity index (χ1n) is 11.8. The molecular weight excluding hydrogens is 444 g/mol. The highest BCUT2D eigenvalue weighted by molar-refractivity contribution is 5.85. The summed E-state index contributed by atoms with van der Waals surface area (Å²) < 4.78 is 11.5. The van der Waals surface area contributed by atoms with Gasteiger partial charge in [0.15, 0.2) is 11.5 Å². The molecule has 0 unspecified atom stereocenters. The van der Waals surface area contributed by atoms with Crippen LogP contribution in [0.25, 0.3) is 0 Å².